The van der Waals surface area contributed by atoms with Crippen molar-refractivity contribution < 1.29 is 9.21 Å². The second-order valence-electron chi connectivity index (χ2n) is 7.29. The topological polar surface area (TPSA) is 61.6 Å². The van der Waals surface area contributed by atoms with Crippen molar-refractivity contribution in [2.24, 2.45) is 5.92 Å². The molecule has 3 fully saturated rings. The van der Waals surface area contributed by atoms with Crippen molar-refractivity contribution in [2.45, 2.75) is 31.8 Å². The van der Waals surface area contributed by atoms with Gasteiger partial charge in [-0.05, 0) is 32.2 Å². The predicted octanol–water partition coefficient (Wildman–Crippen LogP) is 2.11. The van der Waals surface area contributed by atoms with E-state index in [1.165, 1.54) is 12.8 Å². The van der Waals surface area contributed by atoms with Gasteiger partial charge in [-0.25, -0.2) is 0 Å². The highest BCUT2D eigenvalue weighted by atomic mass is 16.4. The third-order valence-corrected chi connectivity index (χ3v) is 5.43. The van der Waals surface area contributed by atoms with Crippen LogP contribution in [0.3, 0.4) is 0 Å². The number of aromatic nitrogens is 1. The lowest BCUT2D eigenvalue weighted by molar-refractivity contribution is 0.0273. The molecular formula is C18H24N4O2. The maximum atomic E-state index is 12.6. The first-order chi connectivity index (χ1) is 11.5. The van der Waals surface area contributed by atoms with E-state index < -0.39 is 0 Å². The quantitative estimate of drug-likeness (QED) is 0.935. The van der Waals surface area contributed by atoms with E-state index in [1.807, 2.05) is 25.1 Å². The lowest BCUT2D eigenvalue weighted by Crippen LogP contribution is -2.60. The molecule has 0 aliphatic carbocycles. The summed E-state index contributed by atoms with van der Waals surface area (Å²) in [5, 5.41) is 4.10. The average molecular weight is 328 g/mol. The van der Waals surface area contributed by atoms with Gasteiger partial charge in [-0.3, -0.25) is 14.7 Å². The molecule has 6 heteroatoms. The molecule has 3 aliphatic heterocycles. The van der Waals surface area contributed by atoms with Crippen LogP contribution < -0.4 is 10.2 Å². The fraction of sp³-hybridized carbons (Fsp3) is 0.556. The van der Waals surface area contributed by atoms with Crippen LogP contribution in [0.25, 0.3) is 11.0 Å². The number of rotatable bonds is 3. The Morgan fingerprint density at radius 1 is 1.42 bits per heavy atom. The Morgan fingerprint density at radius 3 is 2.92 bits per heavy atom. The minimum Gasteiger partial charge on any atom is -0.440 e. The molecule has 1 amide bonds. The van der Waals surface area contributed by atoms with Gasteiger partial charge in [-0.15, -0.1) is 0 Å². The summed E-state index contributed by atoms with van der Waals surface area (Å²) >= 11 is 0. The number of carbonyl (C=O) groups excluding carboxylic acids is 1. The first-order valence-corrected chi connectivity index (χ1v) is 8.63. The number of piperidine rings is 3. The van der Waals surface area contributed by atoms with Crippen LogP contribution in [0.2, 0.25) is 0 Å². The van der Waals surface area contributed by atoms with E-state index in [9.17, 15) is 4.79 Å². The summed E-state index contributed by atoms with van der Waals surface area (Å²) < 4.78 is 5.77. The zero-order valence-electron chi connectivity index (χ0n) is 14.5. The number of hydrogen-bond donors (Lipinski definition) is 1. The molecule has 5 rings (SSSR count). The van der Waals surface area contributed by atoms with Gasteiger partial charge in [0, 0.05) is 56.4 Å². The maximum Gasteiger partial charge on any atom is 0.270 e. The van der Waals surface area contributed by atoms with Crippen LogP contribution in [0.15, 0.2) is 22.7 Å². The number of anilines is 1. The smallest absolute Gasteiger partial charge is 0.270 e. The van der Waals surface area contributed by atoms with E-state index in [-0.39, 0.29) is 11.9 Å². The van der Waals surface area contributed by atoms with Gasteiger partial charge in [0.25, 0.3) is 5.91 Å². The van der Waals surface area contributed by atoms with Crippen molar-refractivity contribution in [2.75, 3.05) is 32.1 Å². The monoisotopic (exact) mass is 328 g/mol. The summed E-state index contributed by atoms with van der Waals surface area (Å²) in [6.45, 7) is 4.38. The predicted molar refractivity (Wildman–Crippen MR) is 93.3 cm³/mol. The van der Waals surface area contributed by atoms with E-state index in [1.54, 1.807) is 12.3 Å². The first-order valence-electron chi connectivity index (χ1n) is 8.63. The highest BCUT2D eigenvalue weighted by molar-refractivity contribution is 5.95. The van der Waals surface area contributed by atoms with E-state index in [0.717, 1.165) is 24.4 Å². The van der Waals surface area contributed by atoms with Gasteiger partial charge in [0.05, 0.1) is 0 Å². The molecule has 4 atom stereocenters. The van der Waals surface area contributed by atoms with Gasteiger partial charge < -0.3 is 14.6 Å². The van der Waals surface area contributed by atoms with Crippen LogP contribution in [0.4, 0.5) is 5.88 Å². The lowest BCUT2D eigenvalue weighted by Gasteiger charge is -2.48. The highest BCUT2D eigenvalue weighted by Gasteiger charge is 2.38. The Labute approximate surface area is 141 Å². The Kier molecular flexibility index (Phi) is 3.72. The Bertz CT molecular complexity index is 769. The molecule has 0 saturated carbocycles. The molecule has 4 unspecified atom stereocenters. The number of carbonyl (C=O) groups is 1. The summed E-state index contributed by atoms with van der Waals surface area (Å²) in [7, 11) is 3.85. The largest absolute Gasteiger partial charge is 0.440 e. The minimum atomic E-state index is -0.105. The van der Waals surface area contributed by atoms with Crippen LogP contribution >= 0.6 is 0 Å². The average Bonchev–Trinajstić information content (AvgIpc) is 2.99. The van der Waals surface area contributed by atoms with Crippen molar-refractivity contribution in [3.05, 3.63) is 24.0 Å². The molecular weight excluding hydrogens is 304 g/mol. The standard InChI is InChI=1S/C18H24N4O2/c1-11-6-12-4-5-22(11)10-15(12)20-18(23)14-8-16-13(9-19-14)7-17(24-16)21(2)3/h7-9,11-12,15H,4-6,10H2,1-3H3,(H,20,23). The molecule has 2 aromatic rings. The number of nitrogens with one attached hydrogen (secondary N) is 1. The number of furan rings is 1. The SMILES string of the molecule is CC1CC2CCN1CC2NC(=O)c1cc2oc(N(C)C)cc2cn1. The molecule has 128 valence electrons. The molecule has 2 aromatic heterocycles. The van der Waals surface area contributed by atoms with Gasteiger partial charge in [-0.2, -0.15) is 0 Å². The molecule has 6 nitrogen and oxygen atoms in total. The van der Waals surface area contributed by atoms with Gasteiger partial charge in [-0.1, -0.05) is 0 Å². The molecule has 0 spiro atoms. The molecule has 2 bridgehead atoms. The third-order valence-electron chi connectivity index (χ3n) is 5.43. The van der Waals surface area contributed by atoms with Gasteiger partial charge in [0.2, 0.25) is 0 Å². The van der Waals surface area contributed by atoms with Crippen molar-refractivity contribution in [3.63, 3.8) is 0 Å². The lowest BCUT2D eigenvalue weighted by atomic mass is 9.80. The van der Waals surface area contributed by atoms with E-state index in [4.69, 9.17) is 4.42 Å². The fourth-order valence-corrected chi connectivity index (χ4v) is 3.97. The molecule has 1 N–H and O–H groups in total. The molecule has 24 heavy (non-hydrogen) atoms. The highest BCUT2D eigenvalue weighted by Crippen LogP contribution is 2.32. The summed E-state index contributed by atoms with van der Waals surface area (Å²) in [6.07, 6.45) is 4.05. The van der Waals surface area contributed by atoms with E-state index in [2.05, 4.69) is 22.1 Å². The van der Waals surface area contributed by atoms with Crippen LogP contribution in [0.1, 0.15) is 30.3 Å². The van der Waals surface area contributed by atoms with Crippen molar-refractivity contribution >= 4 is 22.8 Å². The van der Waals surface area contributed by atoms with Gasteiger partial charge >= 0.3 is 0 Å². The van der Waals surface area contributed by atoms with E-state index in [0.29, 0.717) is 23.2 Å². The zero-order chi connectivity index (χ0) is 16.8. The Morgan fingerprint density at radius 2 is 2.25 bits per heavy atom. The second-order valence-corrected chi connectivity index (χ2v) is 7.29. The fourth-order valence-electron chi connectivity index (χ4n) is 3.97. The molecule has 3 saturated heterocycles. The van der Waals surface area contributed by atoms with E-state index >= 15 is 0 Å². The van der Waals surface area contributed by atoms with Gasteiger partial charge in [0.1, 0.15) is 11.3 Å². The van der Waals surface area contributed by atoms with Crippen LogP contribution in [0.5, 0.6) is 0 Å². The summed E-state index contributed by atoms with van der Waals surface area (Å²) in [5.41, 5.74) is 1.12. The van der Waals surface area contributed by atoms with Crippen LogP contribution in [0, 0.1) is 5.92 Å². The second kappa shape index (κ2) is 5.77. The number of hydrogen-bond acceptors (Lipinski definition) is 5. The van der Waals surface area contributed by atoms with Crippen molar-refractivity contribution in [1.82, 2.24) is 15.2 Å². The number of pyridine rings is 1. The minimum absolute atomic E-state index is 0.105. The Balaban J connectivity index is 1.51. The first kappa shape index (κ1) is 15.4. The van der Waals surface area contributed by atoms with Crippen molar-refractivity contribution in [3.8, 4) is 0 Å². The maximum absolute atomic E-state index is 12.6. The normalized spacial score (nSPS) is 29.0. The zero-order valence-corrected chi connectivity index (χ0v) is 14.5. The summed E-state index contributed by atoms with van der Waals surface area (Å²) in [6, 6.07) is 4.54. The van der Waals surface area contributed by atoms with Crippen LogP contribution in [-0.2, 0) is 0 Å². The van der Waals surface area contributed by atoms with Crippen LogP contribution in [-0.4, -0.2) is 55.1 Å². The third kappa shape index (κ3) is 2.65. The number of fused-ring (bicyclic) bond motifs is 4. The number of amides is 1. The number of nitrogens with zero attached hydrogens (tertiary/aromatic N) is 3. The molecule has 5 heterocycles. The van der Waals surface area contributed by atoms with Crippen molar-refractivity contribution in [1.29, 1.82) is 0 Å². The molecule has 0 radical (unpaired) electrons. The van der Waals surface area contributed by atoms with Gasteiger partial charge in [0.15, 0.2) is 5.88 Å². The summed E-state index contributed by atoms with van der Waals surface area (Å²) in [4.78, 5) is 21.3. The Hall–Kier alpha value is -2.08. The molecule has 0 aromatic carbocycles. The molecule has 3 aliphatic rings. The summed E-state index contributed by atoms with van der Waals surface area (Å²) in [5.74, 6) is 1.24.